The van der Waals surface area contributed by atoms with Crippen molar-refractivity contribution in [3.63, 3.8) is 0 Å². The lowest BCUT2D eigenvalue weighted by Gasteiger charge is -2.37. The van der Waals surface area contributed by atoms with Gasteiger partial charge in [-0.1, -0.05) is 25.2 Å². The van der Waals surface area contributed by atoms with Crippen LogP contribution in [0.4, 0.5) is 5.13 Å². The number of aryl methyl sites for hydroxylation is 1. The average Bonchev–Trinajstić information content (AvgIpc) is 2.81. The van der Waals surface area contributed by atoms with Gasteiger partial charge in [0.25, 0.3) is 0 Å². The standard InChI is InChI=1S/C16H23N3O2S.ClH/c1-16(2)7-4-8-19(10-16)9-13(21)18-15-17-11-5-3-6-12(20)14(11)22-15;/h3-10H2,1-2H3,(H,17,18,21);1H. The highest BCUT2D eigenvalue weighted by atomic mass is 35.5. The van der Waals surface area contributed by atoms with E-state index in [4.69, 9.17) is 0 Å². The molecule has 1 aliphatic carbocycles. The number of carbonyl (C=O) groups excluding carboxylic acids is 2. The number of rotatable bonds is 3. The number of halogens is 1. The normalized spacial score (nSPS) is 20.5. The zero-order chi connectivity index (χ0) is 15.7. The van der Waals surface area contributed by atoms with Gasteiger partial charge in [-0.05, 0) is 37.6 Å². The van der Waals surface area contributed by atoms with Crippen molar-refractivity contribution in [2.45, 2.75) is 46.0 Å². The van der Waals surface area contributed by atoms with Crippen LogP contribution in [-0.2, 0) is 11.2 Å². The molecule has 3 rings (SSSR count). The monoisotopic (exact) mass is 357 g/mol. The number of carbonyl (C=O) groups is 2. The Labute approximate surface area is 147 Å². The molecule has 1 aliphatic heterocycles. The number of hydrogen-bond donors (Lipinski definition) is 1. The van der Waals surface area contributed by atoms with Crippen LogP contribution in [0, 0.1) is 5.41 Å². The van der Waals surface area contributed by atoms with Gasteiger partial charge >= 0.3 is 0 Å². The van der Waals surface area contributed by atoms with Crippen LogP contribution < -0.4 is 5.32 Å². The summed E-state index contributed by atoms with van der Waals surface area (Å²) in [5, 5.41) is 3.44. The first-order chi connectivity index (χ1) is 10.4. The fourth-order valence-electron chi connectivity index (χ4n) is 3.36. The second-order valence-electron chi connectivity index (χ2n) is 7.10. The highest BCUT2D eigenvalue weighted by Crippen LogP contribution is 2.30. The molecule has 0 bridgehead atoms. The van der Waals surface area contributed by atoms with E-state index in [9.17, 15) is 9.59 Å². The first-order valence-corrected chi connectivity index (χ1v) is 8.80. The zero-order valence-electron chi connectivity index (χ0n) is 13.7. The Bertz CT molecular complexity index is 600. The van der Waals surface area contributed by atoms with Crippen LogP contribution >= 0.6 is 23.7 Å². The molecule has 0 spiro atoms. The molecule has 2 aliphatic rings. The third-order valence-electron chi connectivity index (χ3n) is 4.36. The number of anilines is 1. The second kappa shape index (κ2) is 7.28. The molecule has 0 atom stereocenters. The Kier molecular flexibility index (Phi) is 5.81. The summed E-state index contributed by atoms with van der Waals surface area (Å²) in [6, 6.07) is 0. The number of hydrogen-bond acceptors (Lipinski definition) is 5. The minimum atomic E-state index is -0.0313. The second-order valence-corrected chi connectivity index (χ2v) is 8.10. The lowest BCUT2D eigenvalue weighted by molar-refractivity contribution is -0.118. The Morgan fingerprint density at radius 1 is 1.35 bits per heavy atom. The van der Waals surface area contributed by atoms with Crippen molar-refractivity contribution in [2.75, 3.05) is 25.0 Å². The summed E-state index contributed by atoms with van der Waals surface area (Å²) in [5.41, 5.74) is 1.14. The molecule has 0 aromatic carbocycles. The molecule has 1 aromatic heterocycles. The van der Waals surface area contributed by atoms with E-state index in [2.05, 4.69) is 29.0 Å². The summed E-state index contributed by atoms with van der Waals surface area (Å²) >= 11 is 1.32. The predicted molar refractivity (Wildman–Crippen MR) is 94.7 cm³/mol. The maximum absolute atomic E-state index is 12.2. The molecule has 0 unspecified atom stereocenters. The van der Waals surface area contributed by atoms with Crippen molar-refractivity contribution in [3.8, 4) is 0 Å². The Morgan fingerprint density at radius 2 is 2.13 bits per heavy atom. The highest BCUT2D eigenvalue weighted by Gasteiger charge is 2.28. The number of aromatic nitrogens is 1. The van der Waals surface area contributed by atoms with Crippen LogP contribution in [0.3, 0.4) is 0 Å². The summed E-state index contributed by atoms with van der Waals surface area (Å²) in [6.07, 6.45) is 4.66. The third kappa shape index (κ3) is 4.52. The lowest BCUT2D eigenvalue weighted by atomic mass is 9.84. The molecular weight excluding hydrogens is 334 g/mol. The van der Waals surface area contributed by atoms with Crippen LogP contribution in [0.2, 0.25) is 0 Å². The number of likely N-dealkylation sites (tertiary alicyclic amines) is 1. The van der Waals surface area contributed by atoms with Gasteiger partial charge in [0, 0.05) is 13.0 Å². The van der Waals surface area contributed by atoms with Gasteiger partial charge in [-0.2, -0.15) is 0 Å². The van der Waals surface area contributed by atoms with E-state index in [1.807, 2.05) is 0 Å². The Morgan fingerprint density at radius 3 is 2.83 bits per heavy atom. The number of fused-ring (bicyclic) bond motifs is 1. The first kappa shape index (κ1) is 18.4. The molecule has 5 nitrogen and oxygen atoms in total. The maximum Gasteiger partial charge on any atom is 0.240 e. The van der Waals surface area contributed by atoms with Gasteiger partial charge in [-0.3, -0.25) is 14.5 Å². The summed E-state index contributed by atoms with van der Waals surface area (Å²) in [7, 11) is 0. The molecule has 1 saturated heterocycles. The minimum Gasteiger partial charge on any atom is -0.301 e. The van der Waals surface area contributed by atoms with Crippen molar-refractivity contribution in [3.05, 3.63) is 10.6 Å². The quantitative estimate of drug-likeness (QED) is 0.902. The van der Waals surface area contributed by atoms with Crippen molar-refractivity contribution in [1.82, 2.24) is 9.88 Å². The third-order valence-corrected chi connectivity index (χ3v) is 5.42. The topological polar surface area (TPSA) is 62.3 Å². The molecule has 1 aromatic rings. The van der Waals surface area contributed by atoms with Gasteiger partial charge in [0.15, 0.2) is 10.9 Å². The summed E-state index contributed by atoms with van der Waals surface area (Å²) in [6.45, 7) is 6.83. The van der Waals surface area contributed by atoms with E-state index in [0.29, 0.717) is 18.1 Å². The number of nitrogens with one attached hydrogen (secondary N) is 1. The van der Waals surface area contributed by atoms with Crippen molar-refractivity contribution in [1.29, 1.82) is 0 Å². The van der Waals surface area contributed by atoms with Crippen LogP contribution in [0.15, 0.2) is 0 Å². The molecule has 1 amide bonds. The number of thiazole rings is 1. The lowest BCUT2D eigenvalue weighted by Crippen LogP contribution is -2.43. The van der Waals surface area contributed by atoms with Crippen molar-refractivity contribution < 1.29 is 9.59 Å². The van der Waals surface area contributed by atoms with Gasteiger partial charge in [0.1, 0.15) is 0 Å². The van der Waals surface area contributed by atoms with Crippen LogP contribution in [-0.4, -0.2) is 41.2 Å². The van der Waals surface area contributed by atoms with Crippen LogP contribution in [0.1, 0.15) is 54.9 Å². The number of amides is 1. The average molecular weight is 358 g/mol. The summed E-state index contributed by atoms with van der Waals surface area (Å²) in [5.74, 6) is 0.133. The van der Waals surface area contributed by atoms with Gasteiger partial charge in [0.2, 0.25) is 5.91 Å². The Hall–Kier alpha value is -0.980. The number of nitrogens with zero attached hydrogens (tertiary/aromatic N) is 2. The minimum absolute atomic E-state index is 0. The smallest absolute Gasteiger partial charge is 0.240 e. The Balaban J connectivity index is 0.00000192. The number of piperidine rings is 1. The van der Waals surface area contributed by atoms with Crippen molar-refractivity contribution in [2.24, 2.45) is 5.41 Å². The fourth-order valence-corrected chi connectivity index (χ4v) is 4.36. The van der Waals surface area contributed by atoms with Crippen LogP contribution in [0.25, 0.3) is 0 Å². The van der Waals surface area contributed by atoms with Gasteiger partial charge in [-0.25, -0.2) is 4.98 Å². The molecule has 1 N–H and O–H groups in total. The predicted octanol–water partition coefficient (Wildman–Crippen LogP) is 3.14. The molecule has 2 heterocycles. The largest absolute Gasteiger partial charge is 0.301 e. The molecule has 0 radical (unpaired) electrons. The van der Waals surface area contributed by atoms with Gasteiger partial charge in [0.05, 0.1) is 17.1 Å². The highest BCUT2D eigenvalue weighted by molar-refractivity contribution is 7.17. The molecule has 0 saturated carbocycles. The van der Waals surface area contributed by atoms with E-state index in [-0.39, 0.29) is 29.5 Å². The van der Waals surface area contributed by atoms with Crippen LogP contribution in [0.5, 0.6) is 0 Å². The zero-order valence-corrected chi connectivity index (χ0v) is 15.3. The van der Waals surface area contributed by atoms with E-state index in [1.54, 1.807) is 0 Å². The van der Waals surface area contributed by atoms with Gasteiger partial charge < -0.3 is 5.32 Å². The van der Waals surface area contributed by atoms with E-state index in [1.165, 1.54) is 17.8 Å². The van der Waals surface area contributed by atoms with Gasteiger partial charge in [-0.15, -0.1) is 12.4 Å². The number of Topliss-reactive ketones (excluding diaryl/α,β-unsaturated/α-hetero) is 1. The maximum atomic E-state index is 12.2. The van der Waals surface area contributed by atoms with Crippen molar-refractivity contribution >= 4 is 40.6 Å². The molecule has 23 heavy (non-hydrogen) atoms. The summed E-state index contributed by atoms with van der Waals surface area (Å²) in [4.78, 5) is 31.4. The van der Waals surface area contributed by atoms with E-state index < -0.39 is 0 Å². The first-order valence-electron chi connectivity index (χ1n) is 7.98. The summed E-state index contributed by atoms with van der Waals surface area (Å²) < 4.78 is 0. The molecule has 1 fully saturated rings. The fraction of sp³-hybridized carbons (Fsp3) is 0.688. The number of ketones is 1. The van der Waals surface area contributed by atoms with E-state index >= 15 is 0 Å². The van der Waals surface area contributed by atoms with E-state index in [0.717, 1.165) is 42.9 Å². The SMILES string of the molecule is CC1(C)CCCN(CC(=O)Nc2nc3c(s2)C(=O)CCC3)C1.Cl. The molecule has 128 valence electrons. The molecule has 7 heteroatoms. The molecular formula is C16H24ClN3O2S.